The lowest BCUT2D eigenvalue weighted by molar-refractivity contribution is -0.123. The van der Waals surface area contributed by atoms with E-state index in [0.29, 0.717) is 22.3 Å². The molecule has 28 heavy (non-hydrogen) atoms. The van der Waals surface area contributed by atoms with Crippen LogP contribution in [-0.4, -0.2) is 55.9 Å². The zero-order valence-electron chi connectivity index (χ0n) is 15.1. The first-order valence-corrected chi connectivity index (χ1v) is 11.7. The third-order valence-corrected chi connectivity index (χ3v) is 7.57. The van der Waals surface area contributed by atoms with Crippen molar-refractivity contribution in [2.24, 2.45) is 0 Å². The number of piperazine rings is 1. The van der Waals surface area contributed by atoms with Crippen molar-refractivity contribution < 1.29 is 13.2 Å². The molecule has 0 radical (unpaired) electrons. The van der Waals surface area contributed by atoms with Crippen molar-refractivity contribution in [1.29, 1.82) is 0 Å². The highest BCUT2D eigenvalue weighted by molar-refractivity contribution is 7.91. The average molecular weight is 439 g/mol. The van der Waals surface area contributed by atoms with Gasteiger partial charge < -0.3 is 4.90 Å². The largest absolute Gasteiger partial charge is 0.306 e. The normalized spacial score (nSPS) is 24.4. The molecule has 2 heterocycles. The fourth-order valence-corrected chi connectivity index (χ4v) is 6.38. The van der Waals surface area contributed by atoms with Gasteiger partial charge in [-0.2, -0.15) is 0 Å². The summed E-state index contributed by atoms with van der Waals surface area (Å²) >= 11 is 12.0. The van der Waals surface area contributed by atoms with Crippen LogP contribution in [0.1, 0.15) is 5.56 Å². The van der Waals surface area contributed by atoms with Crippen LogP contribution in [0.2, 0.25) is 10.0 Å². The molecule has 2 saturated heterocycles. The van der Waals surface area contributed by atoms with Gasteiger partial charge in [0.1, 0.15) is 0 Å². The van der Waals surface area contributed by atoms with E-state index in [-0.39, 0.29) is 30.0 Å². The van der Waals surface area contributed by atoms with Crippen LogP contribution in [0.15, 0.2) is 48.5 Å². The van der Waals surface area contributed by atoms with Gasteiger partial charge in [-0.15, -0.1) is 0 Å². The van der Waals surface area contributed by atoms with Gasteiger partial charge in [-0.3, -0.25) is 9.69 Å². The molecule has 0 aromatic heterocycles. The molecule has 8 heteroatoms. The van der Waals surface area contributed by atoms with Crippen LogP contribution < -0.4 is 4.90 Å². The van der Waals surface area contributed by atoms with Gasteiger partial charge >= 0.3 is 0 Å². The molecule has 148 valence electrons. The Morgan fingerprint density at radius 1 is 0.964 bits per heavy atom. The number of rotatable bonds is 4. The molecule has 4 rings (SSSR count). The molecule has 0 unspecified atom stereocenters. The first-order valence-electron chi connectivity index (χ1n) is 9.09. The summed E-state index contributed by atoms with van der Waals surface area (Å²) in [6, 6.07) is 14.0. The molecule has 1 amide bonds. The number of anilines is 1. The molecule has 0 saturated carbocycles. The topological polar surface area (TPSA) is 57.7 Å². The van der Waals surface area contributed by atoms with Gasteiger partial charge in [0.15, 0.2) is 9.84 Å². The lowest BCUT2D eigenvalue weighted by Gasteiger charge is -2.43. The first-order chi connectivity index (χ1) is 13.3. The Hall–Kier alpha value is -1.60. The predicted octanol–water partition coefficient (Wildman–Crippen LogP) is 3.05. The second kappa shape index (κ2) is 7.67. The third kappa shape index (κ3) is 4.06. The minimum Gasteiger partial charge on any atom is -0.306 e. The van der Waals surface area contributed by atoms with Crippen molar-refractivity contribution in [3.8, 4) is 0 Å². The second-order valence-electron chi connectivity index (χ2n) is 7.30. The van der Waals surface area contributed by atoms with Crippen molar-refractivity contribution in [1.82, 2.24) is 4.90 Å². The van der Waals surface area contributed by atoms with E-state index in [1.165, 1.54) is 0 Å². The van der Waals surface area contributed by atoms with Gasteiger partial charge in [-0.25, -0.2) is 8.42 Å². The first kappa shape index (κ1) is 19.7. The summed E-state index contributed by atoms with van der Waals surface area (Å²) < 4.78 is 24.8. The minimum absolute atomic E-state index is 0.0205. The number of halogens is 2. The molecular formula is C20H20Cl2N2O3S. The number of fused-ring (bicyclic) bond motifs is 1. The number of carbonyl (C=O) groups is 1. The highest BCUT2D eigenvalue weighted by atomic mass is 35.5. The molecule has 2 atom stereocenters. The number of benzene rings is 2. The Morgan fingerprint density at radius 3 is 2.39 bits per heavy atom. The zero-order chi connectivity index (χ0) is 19.9. The maximum atomic E-state index is 13.0. The van der Waals surface area contributed by atoms with Crippen molar-refractivity contribution in [3.63, 3.8) is 0 Å². The van der Waals surface area contributed by atoms with Crippen molar-refractivity contribution in [3.05, 3.63) is 64.1 Å². The van der Waals surface area contributed by atoms with Crippen molar-refractivity contribution in [2.75, 3.05) is 29.5 Å². The van der Waals surface area contributed by atoms with E-state index >= 15 is 0 Å². The highest BCUT2D eigenvalue weighted by Crippen LogP contribution is 2.32. The van der Waals surface area contributed by atoms with E-state index in [9.17, 15) is 13.2 Å². The number of amides is 1. The Morgan fingerprint density at radius 2 is 1.68 bits per heavy atom. The summed E-state index contributed by atoms with van der Waals surface area (Å²) in [5.74, 6) is -0.0487. The summed E-state index contributed by atoms with van der Waals surface area (Å²) in [5.41, 5.74) is 1.76. The van der Waals surface area contributed by atoms with Gasteiger partial charge in [0.2, 0.25) is 5.91 Å². The SMILES string of the molecule is O=C1CN(CCc2ccc(Cl)cc2)[C@@H]2CS(=O)(=O)C[C@H]2N1c1cccc(Cl)c1. The summed E-state index contributed by atoms with van der Waals surface area (Å²) in [7, 11) is -3.21. The second-order valence-corrected chi connectivity index (χ2v) is 10.3. The van der Waals surface area contributed by atoms with Gasteiger partial charge in [0, 0.05) is 28.3 Å². The standard InChI is InChI=1S/C20H20Cl2N2O3S/c21-15-6-4-14(5-7-15)8-9-23-11-20(25)24(17-3-1-2-16(22)10-17)19-13-28(26,27)12-18(19)23/h1-7,10,18-19H,8-9,11-13H2/t18-,19-/m1/s1. The average Bonchev–Trinajstić information content (AvgIpc) is 2.96. The summed E-state index contributed by atoms with van der Waals surface area (Å²) in [6.45, 7) is 0.810. The molecule has 2 aliphatic rings. The monoisotopic (exact) mass is 438 g/mol. The van der Waals surface area contributed by atoms with E-state index in [1.807, 2.05) is 29.2 Å². The molecule has 2 fully saturated rings. The molecule has 5 nitrogen and oxygen atoms in total. The van der Waals surface area contributed by atoms with Crippen LogP contribution in [-0.2, 0) is 21.1 Å². The number of sulfone groups is 1. The van der Waals surface area contributed by atoms with E-state index in [2.05, 4.69) is 0 Å². The molecule has 2 aliphatic heterocycles. The molecule has 0 N–H and O–H groups in total. The maximum absolute atomic E-state index is 13.0. The Labute approximate surface area is 174 Å². The fourth-order valence-electron chi connectivity index (χ4n) is 4.09. The van der Waals surface area contributed by atoms with Crippen LogP contribution in [0, 0.1) is 0 Å². The Balaban J connectivity index is 1.58. The van der Waals surface area contributed by atoms with Crippen LogP contribution >= 0.6 is 23.2 Å². The summed E-state index contributed by atoms with van der Waals surface area (Å²) in [5, 5.41) is 1.20. The summed E-state index contributed by atoms with van der Waals surface area (Å²) in [4.78, 5) is 16.6. The minimum atomic E-state index is -3.21. The number of hydrogen-bond acceptors (Lipinski definition) is 4. The van der Waals surface area contributed by atoms with Crippen molar-refractivity contribution >= 4 is 44.6 Å². The molecule has 0 spiro atoms. The van der Waals surface area contributed by atoms with Gasteiger partial charge in [0.05, 0.1) is 24.1 Å². The van der Waals surface area contributed by atoms with Crippen LogP contribution in [0.5, 0.6) is 0 Å². The molecule has 0 bridgehead atoms. The predicted molar refractivity (Wildman–Crippen MR) is 112 cm³/mol. The number of carbonyl (C=O) groups excluding carboxylic acids is 1. The van der Waals surface area contributed by atoms with Crippen molar-refractivity contribution in [2.45, 2.75) is 18.5 Å². The zero-order valence-corrected chi connectivity index (χ0v) is 17.4. The smallest absolute Gasteiger partial charge is 0.241 e. The van der Waals surface area contributed by atoms with Gasteiger partial charge in [-0.05, 0) is 42.3 Å². The molecule has 2 aromatic rings. The number of hydrogen-bond donors (Lipinski definition) is 0. The Bertz CT molecular complexity index is 995. The molecule has 2 aromatic carbocycles. The van der Waals surface area contributed by atoms with E-state index in [1.54, 1.807) is 29.2 Å². The van der Waals surface area contributed by atoms with Gasteiger partial charge in [0.25, 0.3) is 0 Å². The van der Waals surface area contributed by atoms with Crippen LogP contribution in [0.25, 0.3) is 0 Å². The summed E-state index contributed by atoms with van der Waals surface area (Å²) in [6.07, 6.45) is 0.727. The third-order valence-electron chi connectivity index (χ3n) is 5.39. The van der Waals surface area contributed by atoms with E-state index in [0.717, 1.165) is 12.0 Å². The quantitative estimate of drug-likeness (QED) is 0.735. The van der Waals surface area contributed by atoms with Gasteiger partial charge in [-0.1, -0.05) is 41.4 Å². The highest BCUT2D eigenvalue weighted by Gasteiger charge is 2.49. The lowest BCUT2D eigenvalue weighted by atomic mass is 10.0. The van der Waals surface area contributed by atoms with Crippen LogP contribution in [0.3, 0.4) is 0 Å². The fraction of sp³-hybridized carbons (Fsp3) is 0.350. The van der Waals surface area contributed by atoms with Crippen LogP contribution in [0.4, 0.5) is 5.69 Å². The molecular weight excluding hydrogens is 419 g/mol. The van der Waals surface area contributed by atoms with E-state index < -0.39 is 15.9 Å². The lowest BCUT2D eigenvalue weighted by Crippen LogP contribution is -2.62. The molecule has 0 aliphatic carbocycles. The maximum Gasteiger partial charge on any atom is 0.241 e. The van der Waals surface area contributed by atoms with E-state index in [4.69, 9.17) is 23.2 Å². The Kier molecular flexibility index (Phi) is 5.40. The number of nitrogens with zero attached hydrogens (tertiary/aromatic N) is 2.